The van der Waals surface area contributed by atoms with E-state index in [0.29, 0.717) is 12.2 Å². The highest BCUT2D eigenvalue weighted by atomic mass is 32.2. The van der Waals surface area contributed by atoms with E-state index in [2.05, 4.69) is 10.8 Å². The average Bonchev–Trinajstić information content (AvgIpc) is 1.82. The molecule has 4 heteroatoms. The first-order valence-electron chi connectivity index (χ1n) is 2.20. The summed E-state index contributed by atoms with van der Waals surface area (Å²) in [5, 5.41) is 0. The van der Waals surface area contributed by atoms with Gasteiger partial charge in [-0.2, -0.15) is 8.42 Å². The van der Waals surface area contributed by atoms with Crippen LogP contribution in [-0.4, -0.2) is 14.2 Å². The summed E-state index contributed by atoms with van der Waals surface area (Å²) in [7, 11) is -3.20. The van der Waals surface area contributed by atoms with Gasteiger partial charge in [-0.05, 0) is 0 Å². The van der Waals surface area contributed by atoms with Crippen molar-refractivity contribution in [3.63, 3.8) is 0 Å². The molecular weight excluding hydrogens is 128 g/mol. The lowest BCUT2D eigenvalue weighted by Gasteiger charge is -1.89. The maximum atomic E-state index is 10.4. The molecule has 1 fully saturated rings. The van der Waals surface area contributed by atoms with Crippen LogP contribution in [0.4, 0.5) is 0 Å². The highest BCUT2D eigenvalue weighted by Gasteiger charge is 2.21. The summed E-state index contributed by atoms with van der Waals surface area (Å²) in [5.74, 6) is 0.441. The van der Waals surface area contributed by atoms with Crippen LogP contribution in [0.3, 0.4) is 0 Å². The fourth-order valence-corrected chi connectivity index (χ4v) is 1.51. The van der Waals surface area contributed by atoms with E-state index >= 15 is 0 Å². The summed E-state index contributed by atoms with van der Waals surface area (Å²) in [6.07, 6.45) is 0.447. The molecule has 0 unspecified atom stereocenters. The van der Waals surface area contributed by atoms with Gasteiger partial charge in [0.05, 0.1) is 5.75 Å². The Kier molecular flexibility index (Phi) is 1.04. The van der Waals surface area contributed by atoms with Crippen molar-refractivity contribution in [2.24, 2.45) is 0 Å². The molecule has 1 rings (SSSR count). The third-order valence-electron chi connectivity index (χ3n) is 0.876. The van der Waals surface area contributed by atoms with Gasteiger partial charge >= 0.3 is 10.1 Å². The van der Waals surface area contributed by atoms with Crippen LogP contribution in [0.25, 0.3) is 0 Å². The molecule has 0 aliphatic carbocycles. The molecule has 1 saturated heterocycles. The Balaban J connectivity index is 2.86. The molecule has 0 bridgehead atoms. The van der Waals surface area contributed by atoms with E-state index in [0.717, 1.165) is 0 Å². The summed E-state index contributed by atoms with van der Waals surface area (Å²) in [5.41, 5.74) is 0. The fraction of sp³-hybridized carbons (Fsp3) is 0.500. The molecule has 0 spiro atoms. The van der Waals surface area contributed by atoms with Crippen molar-refractivity contribution in [3.8, 4) is 0 Å². The lowest BCUT2D eigenvalue weighted by molar-refractivity contribution is 0.430. The minimum absolute atomic E-state index is 0.0891. The molecule has 0 amide bonds. The largest absolute Gasteiger partial charge is 0.388 e. The van der Waals surface area contributed by atoms with Gasteiger partial charge in [0, 0.05) is 6.42 Å². The van der Waals surface area contributed by atoms with Crippen molar-refractivity contribution in [1.82, 2.24) is 0 Å². The molecule has 46 valence electrons. The van der Waals surface area contributed by atoms with E-state index in [-0.39, 0.29) is 5.75 Å². The summed E-state index contributed by atoms with van der Waals surface area (Å²) in [4.78, 5) is 0. The lowest BCUT2D eigenvalue weighted by atomic mass is 10.4. The topological polar surface area (TPSA) is 43.4 Å². The molecule has 1 heterocycles. The zero-order chi connectivity index (χ0) is 6.20. The van der Waals surface area contributed by atoms with Crippen molar-refractivity contribution in [1.29, 1.82) is 0 Å². The monoisotopic (exact) mass is 134 g/mol. The minimum Gasteiger partial charge on any atom is -0.388 e. The molecule has 0 aromatic heterocycles. The van der Waals surface area contributed by atoms with E-state index in [1.165, 1.54) is 0 Å². The second-order valence-electron chi connectivity index (χ2n) is 1.63. The van der Waals surface area contributed by atoms with E-state index in [9.17, 15) is 8.42 Å². The van der Waals surface area contributed by atoms with E-state index < -0.39 is 10.1 Å². The van der Waals surface area contributed by atoms with Crippen molar-refractivity contribution in [2.45, 2.75) is 6.42 Å². The van der Waals surface area contributed by atoms with Crippen LogP contribution in [0.15, 0.2) is 12.3 Å². The van der Waals surface area contributed by atoms with Crippen molar-refractivity contribution in [2.75, 3.05) is 5.75 Å². The zero-order valence-corrected chi connectivity index (χ0v) is 5.07. The Hall–Kier alpha value is -0.510. The van der Waals surface area contributed by atoms with Crippen LogP contribution in [-0.2, 0) is 14.3 Å². The molecular formula is C4H6O3S. The molecule has 0 saturated carbocycles. The Morgan fingerprint density at radius 1 is 1.62 bits per heavy atom. The van der Waals surface area contributed by atoms with Crippen molar-refractivity contribution >= 4 is 10.1 Å². The average molecular weight is 134 g/mol. The Morgan fingerprint density at radius 2 is 2.25 bits per heavy atom. The lowest BCUT2D eigenvalue weighted by Crippen LogP contribution is -1.96. The summed E-state index contributed by atoms with van der Waals surface area (Å²) in [6.45, 7) is 3.35. The first-order valence-corrected chi connectivity index (χ1v) is 3.78. The fourth-order valence-electron chi connectivity index (χ4n) is 0.502. The summed E-state index contributed by atoms with van der Waals surface area (Å²) < 4.78 is 25.0. The van der Waals surface area contributed by atoms with E-state index in [1.54, 1.807) is 0 Å². The zero-order valence-electron chi connectivity index (χ0n) is 4.25. The van der Waals surface area contributed by atoms with Crippen molar-refractivity contribution in [3.05, 3.63) is 12.3 Å². The van der Waals surface area contributed by atoms with Crippen LogP contribution in [0.2, 0.25) is 0 Å². The van der Waals surface area contributed by atoms with Crippen molar-refractivity contribution < 1.29 is 12.6 Å². The van der Waals surface area contributed by atoms with Crippen LogP contribution in [0.1, 0.15) is 6.42 Å². The number of hydrogen-bond donors (Lipinski definition) is 0. The normalized spacial score (nSPS) is 25.2. The Bertz CT molecular complexity index is 201. The maximum Gasteiger partial charge on any atom is 0.309 e. The van der Waals surface area contributed by atoms with Crippen LogP contribution in [0.5, 0.6) is 0 Å². The van der Waals surface area contributed by atoms with E-state index in [4.69, 9.17) is 0 Å². The number of allylic oxidation sites excluding steroid dienone is 1. The first-order chi connectivity index (χ1) is 3.60. The summed E-state index contributed by atoms with van der Waals surface area (Å²) in [6, 6.07) is 0. The number of rotatable bonds is 0. The molecule has 1 aliphatic rings. The standard InChI is InChI=1S/C4H6O3S/c1-4-2-3-8(5,6)7-4/h1-3H2. The van der Waals surface area contributed by atoms with E-state index in [1.807, 2.05) is 0 Å². The van der Waals surface area contributed by atoms with Gasteiger partial charge < -0.3 is 4.18 Å². The molecule has 0 aromatic rings. The second kappa shape index (κ2) is 1.48. The third-order valence-corrected chi connectivity index (χ3v) is 2.07. The van der Waals surface area contributed by atoms with Gasteiger partial charge in [0.15, 0.2) is 0 Å². The predicted octanol–water partition coefficient (Wildman–Crippen LogP) is 0.250. The van der Waals surface area contributed by atoms with Gasteiger partial charge in [-0.3, -0.25) is 0 Å². The third kappa shape index (κ3) is 1.01. The van der Waals surface area contributed by atoms with Gasteiger partial charge in [-0.1, -0.05) is 6.58 Å². The van der Waals surface area contributed by atoms with Crippen LogP contribution < -0.4 is 0 Å². The van der Waals surface area contributed by atoms with Gasteiger partial charge in [0.25, 0.3) is 0 Å². The molecule has 3 nitrogen and oxygen atoms in total. The van der Waals surface area contributed by atoms with Gasteiger partial charge in [-0.25, -0.2) is 0 Å². The molecule has 0 atom stereocenters. The SMILES string of the molecule is C=C1CCS(=O)(=O)O1. The van der Waals surface area contributed by atoms with Gasteiger partial charge in [0.1, 0.15) is 5.76 Å². The van der Waals surface area contributed by atoms with Gasteiger partial charge in [-0.15, -0.1) is 0 Å². The highest BCUT2D eigenvalue weighted by Crippen LogP contribution is 2.16. The molecule has 1 aliphatic heterocycles. The van der Waals surface area contributed by atoms with Crippen LogP contribution in [0, 0.1) is 0 Å². The smallest absolute Gasteiger partial charge is 0.309 e. The first kappa shape index (κ1) is 5.62. The quantitative estimate of drug-likeness (QED) is 0.446. The molecule has 8 heavy (non-hydrogen) atoms. The van der Waals surface area contributed by atoms with Gasteiger partial charge in [0.2, 0.25) is 0 Å². The predicted molar refractivity (Wildman–Crippen MR) is 28.6 cm³/mol. The second-order valence-corrected chi connectivity index (χ2v) is 3.32. The number of hydrogen-bond acceptors (Lipinski definition) is 3. The van der Waals surface area contributed by atoms with Crippen LogP contribution >= 0.6 is 0 Å². The minimum atomic E-state index is -3.20. The Labute approximate surface area is 48.1 Å². The summed E-state index contributed by atoms with van der Waals surface area (Å²) >= 11 is 0. The molecule has 0 radical (unpaired) electrons. The maximum absolute atomic E-state index is 10.4. The molecule has 0 N–H and O–H groups in total. The Morgan fingerprint density at radius 3 is 2.38 bits per heavy atom. The molecule has 0 aromatic carbocycles. The highest BCUT2D eigenvalue weighted by molar-refractivity contribution is 7.87.